The van der Waals surface area contributed by atoms with Crippen molar-refractivity contribution in [3.8, 4) is 17.6 Å². The summed E-state index contributed by atoms with van der Waals surface area (Å²) >= 11 is 0. The molecule has 3 heterocycles. The van der Waals surface area contributed by atoms with E-state index in [0.717, 1.165) is 31.6 Å². The average Bonchev–Trinajstić information content (AvgIpc) is 3.40. The Balaban J connectivity index is 0.00000274. The summed E-state index contributed by atoms with van der Waals surface area (Å²) in [5.41, 5.74) is 2.84. The zero-order valence-corrected chi connectivity index (χ0v) is 20.2. The summed E-state index contributed by atoms with van der Waals surface area (Å²) in [5, 5.41) is 25.9. The lowest BCUT2D eigenvalue weighted by Crippen LogP contribution is -2.49. The number of nitrogens with one attached hydrogen (secondary N) is 1. The standard InChI is InChI=1S/C24H28N8O.ClH/c1-16(2)32(21-9-11-26-12-10-21)24(33)22-15-31(29-27-22)23-19(13-25)14-30(28-23)20-7-5-18(6-8-20)17-3-4-17;/h5-8,14-17,21,26H,3-4,9-12H2,1-2H3;1H. The average molecular weight is 481 g/mol. The minimum atomic E-state index is -0.142. The summed E-state index contributed by atoms with van der Waals surface area (Å²) in [6.07, 6.45) is 7.59. The molecule has 34 heavy (non-hydrogen) atoms. The number of nitrogens with zero attached hydrogens (tertiary/aromatic N) is 7. The molecule has 2 fully saturated rings. The molecule has 1 saturated heterocycles. The summed E-state index contributed by atoms with van der Waals surface area (Å²) in [5.74, 6) is 0.897. The maximum Gasteiger partial charge on any atom is 0.276 e. The lowest BCUT2D eigenvalue weighted by molar-refractivity contribution is 0.0559. The van der Waals surface area contributed by atoms with E-state index in [-0.39, 0.29) is 36.1 Å². The first-order valence-electron chi connectivity index (χ1n) is 11.6. The quantitative estimate of drug-likeness (QED) is 0.580. The van der Waals surface area contributed by atoms with Crippen LogP contribution in [0, 0.1) is 11.3 Å². The topological polar surface area (TPSA) is 105 Å². The molecule has 0 atom stereocenters. The lowest BCUT2D eigenvalue weighted by atomic mass is 10.0. The van der Waals surface area contributed by atoms with Gasteiger partial charge in [-0.3, -0.25) is 4.79 Å². The number of piperidine rings is 1. The molecule has 2 aromatic heterocycles. The van der Waals surface area contributed by atoms with Crippen LogP contribution in [0.3, 0.4) is 0 Å². The molecule has 5 rings (SSSR count). The molecule has 1 aliphatic heterocycles. The molecule has 9 nitrogen and oxygen atoms in total. The van der Waals surface area contributed by atoms with Crippen LogP contribution in [0.25, 0.3) is 11.5 Å². The van der Waals surface area contributed by atoms with Gasteiger partial charge < -0.3 is 10.2 Å². The molecule has 10 heteroatoms. The third-order valence-corrected chi connectivity index (χ3v) is 6.44. The third kappa shape index (κ3) is 4.69. The van der Waals surface area contributed by atoms with Crippen molar-refractivity contribution in [2.75, 3.05) is 13.1 Å². The Bertz CT molecular complexity index is 1180. The van der Waals surface area contributed by atoms with E-state index >= 15 is 0 Å². The summed E-state index contributed by atoms with van der Waals surface area (Å²) in [6.45, 7) is 5.85. The normalized spacial score (nSPS) is 16.2. The summed E-state index contributed by atoms with van der Waals surface area (Å²) < 4.78 is 3.09. The zero-order chi connectivity index (χ0) is 22.9. The summed E-state index contributed by atoms with van der Waals surface area (Å²) in [6, 6.07) is 10.7. The van der Waals surface area contributed by atoms with Crippen molar-refractivity contribution in [1.29, 1.82) is 5.26 Å². The lowest BCUT2D eigenvalue weighted by Gasteiger charge is -2.37. The van der Waals surface area contributed by atoms with Gasteiger partial charge in [0.15, 0.2) is 11.5 Å². The predicted molar refractivity (Wildman–Crippen MR) is 130 cm³/mol. The maximum absolute atomic E-state index is 13.3. The van der Waals surface area contributed by atoms with Gasteiger partial charge in [0, 0.05) is 12.1 Å². The number of amides is 1. The Labute approximate surface area is 205 Å². The molecular weight excluding hydrogens is 452 g/mol. The minimum absolute atomic E-state index is 0. The molecule has 1 aliphatic carbocycles. The molecule has 0 spiro atoms. The molecule has 0 radical (unpaired) electrons. The molecule has 0 unspecified atom stereocenters. The van der Waals surface area contributed by atoms with Gasteiger partial charge in [-0.1, -0.05) is 17.3 Å². The molecule has 178 valence electrons. The van der Waals surface area contributed by atoms with E-state index < -0.39 is 0 Å². The van der Waals surface area contributed by atoms with Crippen molar-refractivity contribution in [3.63, 3.8) is 0 Å². The first-order chi connectivity index (χ1) is 16.0. The summed E-state index contributed by atoms with van der Waals surface area (Å²) in [4.78, 5) is 15.2. The Kier molecular flexibility index (Phi) is 7.00. The largest absolute Gasteiger partial charge is 0.332 e. The fraction of sp³-hybridized carbons (Fsp3) is 0.458. The van der Waals surface area contributed by atoms with Gasteiger partial charge in [-0.25, -0.2) is 4.68 Å². The van der Waals surface area contributed by atoms with Crippen LogP contribution in [0.2, 0.25) is 0 Å². The number of hydrogen-bond donors (Lipinski definition) is 1. The number of nitriles is 1. The van der Waals surface area contributed by atoms with Crippen LogP contribution in [0.1, 0.15) is 67.1 Å². The van der Waals surface area contributed by atoms with Crippen LogP contribution in [0.15, 0.2) is 36.7 Å². The minimum Gasteiger partial charge on any atom is -0.332 e. The van der Waals surface area contributed by atoms with Crippen LogP contribution in [0.4, 0.5) is 0 Å². The molecule has 1 N–H and O–H groups in total. The Morgan fingerprint density at radius 3 is 2.44 bits per heavy atom. The second-order valence-electron chi connectivity index (χ2n) is 9.12. The maximum atomic E-state index is 13.3. The van der Waals surface area contributed by atoms with E-state index in [1.54, 1.807) is 17.1 Å². The molecule has 1 amide bonds. The van der Waals surface area contributed by atoms with Crippen molar-refractivity contribution in [2.24, 2.45) is 0 Å². The Morgan fingerprint density at radius 2 is 1.82 bits per heavy atom. The highest BCUT2D eigenvalue weighted by atomic mass is 35.5. The number of rotatable bonds is 6. The van der Waals surface area contributed by atoms with Crippen LogP contribution in [0.5, 0.6) is 0 Å². The van der Waals surface area contributed by atoms with Crippen molar-refractivity contribution in [1.82, 2.24) is 35.0 Å². The second-order valence-corrected chi connectivity index (χ2v) is 9.12. The third-order valence-electron chi connectivity index (χ3n) is 6.44. The fourth-order valence-electron chi connectivity index (χ4n) is 4.57. The molecule has 3 aromatic rings. The van der Waals surface area contributed by atoms with Gasteiger partial charge in [-0.2, -0.15) is 9.94 Å². The highest BCUT2D eigenvalue weighted by Crippen LogP contribution is 2.40. The zero-order valence-electron chi connectivity index (χ0n) is 19.4. The van der Waals surface area contributed by atoms with Crippen molar-refractivity contribution < 1.29 is 4.79 Å². The van der Waals surface area contributed by atoms with Gasteiger partial charge in [0.25, 0.3) is 5.91 Å². The molecule has 1 aromatic carbocycles. The highest BCUT2D eigenvalue weighted by Gasteiger charge is 2.30. The second kappa shape index (κ2) is 9.95. The number of halogens is 1. The SMILES string of the molecule is CC(C)N(C(=O)c1cn(-c2nn(-c3ccc(C4CC4)cc3)cc2C#N)nn1)C1CCNCC1.Cl. The van der Waals surface area contributed by atoms with Crippen LogP contribution < -0.4 is 5.32 Å². The number of hydrogen-bond acceptors (Lipinski definition) is 6. The van der Waals surface area contributed by atoms with Crippen molar-refractivity contribution >= 4 is 18.3 Å². The predicted octanol–water partition coefficient (Wildman–Crippen LogP) is 3.23. The van der Waals surface area contributed by atoms with E-state index in [1.165, 1.54) is 23.1 Å². The first kappa shape index (κ1) is 23.9. The van der Waals surface area contributed by atoms with Gasteiger partial charge in [0.1, 0.15) is 11.6 Å². The molecule has 1 saturated carbocycles. The monoisotopic (exact) mass is 480 g/mol. The molecule has 0 bridgehead atoms. The Hall–Kier alpha value is -3.22. The smallest absolute Gasteiger partial charge is 0.276 e. The molecular formula is C24H29ClN8O. The van der Waals surface area contributed by atoms with E-state index in [4.69, 9.17) is 0 Å². The number of aromatic nitrogens is 5. The van der Waals surface area contributed by atoms with Gasteiger partial charge in [0.2, 0.25) is 0 Å². The van der Waals surface area contributed by atoms with Gasteiger partial charge >= 0.3 is 0 Å². The van der Waals surface area contributed by atoms with Crippen molar-refractivity contribution in [2.45, 2.75) is 57.5 Å². The van der Waals surface area contributed by atoms with Crippen molar-refractivity contribution in [3.05, 3.63) is 53.5 Å². The summed E-state index contributed by atoms with van der Waals surface area (Å²) in [7, 11) is 0. The van der Waals surface area contributed by atoms with Gasteiger partial charge in [-0.15, -0.1) is 22.6 Å². The van der Waals surface area contributed by atoms with E-state index in [9.17, 15) is 10.1 Å². The molecule has 2 aliphatic rings. The van der Waals surface area contributed by atoms with Crippen LogP contribution in [-0.4, -0.2) is 60.8 Å². The van der Waals surface area contributed by atoms with E-state index in [0.29, 0.717) is 17.3 Å². The highest BCUT2D eigenvalue weighted by molar-refractivity contribution is 5.92. The number of carbonyl (C=O) groups excluding carboxylic acids is 1. The number of carbonyl (C=O) groups is 1. The number of benzene rings is 1. The first-order valence-corrected chi connectivity index (χ1v) is 11.6. The van der Waals surface area contributed by atoms with Gasteiger partial charge in [-0.05, 0) is 76.2 Å². The Morgan fingerprint density at radius 1 is 1.12 bits per heavy atom. The fourth-order valence-corrected chi connectivity index (χ4v) is 4.57. The van der Waals surface area contributed by atoms with Gasteiger partial charge in [0.05, 0.1) is 18.1 Å². The van der Waals surface area contributed by atoms with E-state index in [2.05, 4.69) is 38.9 Å². The van der Waals surface area contributed by atoms with Crippen LogP contribution in [-0.2, 0) is 0 Å². The van der Waals surface area contributed by atoms with E-state index in [1.807, 2.05) is 30.9 Å². The van der Waals surface area contributed by atoms with Crippen LogP contribution >= 0.6 is 12.4 Å².